The summed E-state index contributed by atoms with van der Waals surface area (Å²) in [4.78, 5) is 28.1. The molecule has 3 aromatic carbocycles. The van der Waals surface area contributed by atoms with E-state index < -0.39 is 5.92 Å². The van der Waals surface area contributed by atoms with Crippen LogP contribution in [0.3, 0.4) is 0 Å². The minimum Gasteiger partial charge on any atom is -0.497 e. The number of hydrogen-bond donors (Lipinski definition) is 2. The number of allylic oxidation sites excluding steroid dienone is 2. The number of hydrogen-bond acceptors (Lipinski definition) is 7. The van der Waals surface area contributed by atoms with Crippen LogP contribution >= 0.6 is 0 Å². The molecular formula is C32H31N3O6. The third kappa shape index (κ3) is 4.43. The molecule has 9 heteroatoms. The average molecular weight is 554 g/mol. The lowest BCUT2D eigenvalue weighted by Crippen LogP contribution is -2.32. The summed E-state index contributed by atoms with van der Waals surface area (Å²) in [5.41, 5.74) is 3.91. The van der Waals surface area contributed by atoms with Crippen molar-refractivity contribution in [2.75, 3.05) is 33.8 Å². The Labute approximate surface area is 237 Å². The zero-order valence-electron chi connectivity index (χ0n) is 23.3. The van der Waals surface area contributed by atoms with Gasteiger partial charge in [-0.15, -0.1) is 0 Å². The van der Waals surface area contributed by atoms with E-state index in [1.165, 1.54) is 4.68 Å². The van der Waals surface area contributed by atoms with Gasteiger partial charge in [-0.25, -0.2) is 4.68 Å². The van der Waals surface area contributed by atoms with Crippen LogP contribution in [0.1, 0.15) is 41.4 Å². The number of fused-ring (bicyclic) bond motifs is 1. The van der Waals surface area contributed by atoms with Crippen molar-refractivity contribution in [3.8, 4) is 28.7 Å². The molecule has 2 N–H and O–H groups in total. The van der Waals surface area contributed by atoms with E-state index in [1.54, 1.807) is 40.6 Å². The highest BCUT2D eigenvalue weighted by Gasteiger charge is 2.42. The number of rotatable bonds is 7. The summed E-state index contributed by atoms with van der Waals surface area (Å²) in [5, 5.41) is 6.69. The van der Waals surface area contributed by atoms with Gasteiger partial charge in [-0.05, 0) is 60.4 Å². The summed E-state index contributed by atoms with van der Waals surface area (Å²) in [6.07, 6.45) is 0.850. The number of para-hydroxylation sites is 1. The number of nitrogens with zero attached hydrogens (tertiary/aromatic N) is 1. The van der Waals surface area contributed by atoms with Gasteiger partial charge in [-0.3, -0.25) is 14.7 Å². The van der Waals surface area contributed by atoms with Crippen molar-refractivity contribution in [1.29, 1.82) is 0 Å². The van der Waals surface area contributed by atoms with E-state index in [9.17, 15) is 9.59 Å². The molecule has 4 aromatic rings. The van der Waals surface area contributed by atoms with Gasteiger partial charge in [0.2, 0.25) is 0 Å². The lowest BCUT2D eigenvalue weighted by Gasteiger charge is -2.35. The van der Waals surface area contributed by atoms with Gasteiger partial charge in [0, 0.05) is 23.3 Å². The quantitative estimate of drug-likeness (QED) is 0.326. The number of H-pyrrole nitrogens is 1. The van der Waals surface area contributed by atoms with Crippen molar-refractivity contribution in [3.05, 3.63) is 105 Å². The van der Waals surface area contributed by atoms with E-state index in [0.29, 0.717) is 57.6 Å². The Morgan fingerprint density at radius 2 is 1.51 bits per heavy atom. The molecule has 1 aliphatic carbocycles. The Balaban J connectivity index is 1.52. The molecule has 9 nitrogen and oxygen atoms in total. The number of Topliss-reactive ketones (excluding diaryl/α,β-unsaturated/α-hetero) is 1. The Hall–Kier alpha value is -4.92. The van der Waals surface area contributed by atoms with Crippen molar-refractivity contribution in [1.82, 2.24) is 9.78 Å². The van der Waals surface area contributed by atoms with Crippen molar-refractivity contribution in [2.24, 2.45) is 0 Å². The second-order valence-electron chi connectivity index (χ2n) is 10.1. The zero-order valence-corrected chi connectivity index (χ0v) is 23.3. The summed E-state index contributed by atoms with van der Waals surface area (Å²) in [7, 11) is 6.36. The van der Waals surface area contributed by atoms with Crippen LogP contribution in [0.4, 0.5) is 5.82 Å². The van der Waals surface area contributed by atoms with E-state index in [0.717, 1.165) is 11.3 Å². The zero-order chi connectivity index (χ0) is 28.7. The Bertz CT molecular complexity index is 1720. The normalized spacial score (nSPS) is 17.8. The van der Waals surface area contributed by atoms with E-state index in [1.807, 2.05) is 54.6 Å². The number of aromatic amines is 1. The van der Waals surface area contributed by atoms with Crippen LogP contribution in [-0.2, 0) is 4.79 Å². The molecule has 6 rings (SSSR count). The summed E-state index contributed by atoms with van der Waals surface area (Å²) in [6, 6.07) is 20.6. The minimum absolute atomic E-state index is 0.0362. The first-order chi connectivity index (χ1) is 20.0. The number of benzene rings is 3. The van der Waals surface area contributed by atoms with Gasteiger partial charge in [0.25, 0.3) is 5.56 Å². The van der Waals surface area contributed by atoms with Gasteiger partial charge < -0.3 is 24.3 Å². The van der Waals surface area contributed by atoms with Crippen LogP contribution in [0.15, 0.2) is 82.8 Å². The van der Waals surface area contributed by atoms with Crippen LogP contribution in [0, 0.1) is 0 Å². The molecule has 2 aliphatic rings. The third-order valence-electron chi connectivity index (χ3n) is 7.93. The maximum atomic E-state index is 14.1. The number of carbonyl (C=O) groups excluding carboxylic acids is 1. The maximum absolute atomic E-state index is 14.1. The third-order valence-corrected chi connectivity index (χ3v) is 7.93. The number of anilines is 1. The molecule has 0 spiro atoms. The smallest absolute Gasteiger partial charge is 0.277 e. The Morgan fingerprint density at radius 1 is 0.780 bits per heavy atom. The molecule has 0 unspecified atom stereocenters. The summed E-state index contributed by atoms with van der Waals surface area (Å²) in [5.74, 6) is 2.18. The molecule has 1 aromatic heterocycles. The number of carbonyl (C=O) groups is 1. The van der Waals surface area contributed by atoms with Gasteiger partial charge in [0.15, 0.2) is 17.3 Å². The van der Waals surface area contributed by atoms with Crippen LogP contribution in [-0.4, -0.2) is 44.0 Å². The molecule has 2 atom stereocenters. The lowest BCUT2D eigenvalue weighted by molar-refractivity contribution is -0.116. The highest BCUT2D eigenvalue weighted by atomic mass is 16.5. The molecule has 0 radical (unpaired) electrons. The molecule has 1 aliphatic heterocycles. The average Bonchev–Trinajstić information content (AvgIpc) is 3.35. The number of aromatic nitrogens is 2. The predicted molar refractivity (Wildman–Crippen MR) is 155 cm³/mol. The Morgan fingerprint density at radius 3 is 2.22 bits per heavy atom. The van der Waals surface area contributed by atoms with Crippen LogP contribution in [0.2, 0.25) is 0 Å². The van der Waals surface area contributed by atoms with Gasteiger partial charge in [0.05, 0.1) is 45.6 Å². The Kier molecular flexibility index (Phi) is 6.78. The van der Waals surface area contributed by atoms with Crippen LogP contribution < -0.4 is 29.8 Å². The minimum atomic E-state index is -0.654. The summed E-state index contributed by atoms with van der Waals surface area (Å²) < 4.78 is 23.7. The van der Waals surface area contributed by atoms with Gasteiger partial charge >= 0.3 is 0 Å². The fourth-order valence-corrected chi connectivity index (χ4v) is 5.97. The van der Waals surface area contributed by atoms with Gasteiger partial charge in [-0.1, -0.05) is 24.3 Å². The van der Waals surface area contributed by atoms with E-state index >= 15 is 0 Å². The highest BCUT2D eigenvalue weighted by molar-refractivity contribution is 6.01. The molecule has 0 bridgehead atoms. The fraction of sp³-hybridized carbons (Fsp3) is 0.250. The second kappa shape index (κ2) is 10.6. The molecule has 41 heavy (non-hydrogen) atoms. The molecule has 2 heterocycles. The number of methoxy groups -OCH3 is 4. The topological polar surface area (TPSA) is 104 Å². The molecule has 0 saturated carbocycles. The first kappa shape index (κ1) is 26.3. The summed E-state index contributed by atoms with van der Waals surface area (Å²) >= 11 is 0. The molecule has 0 saturated heterocycles. The maximum Gasteiger partial charge on any atom is 0.277 e. The van der Waals surface area contributed by atoms with Gasteiger partial charge in [-0.2, -0.15) is 0 Å². The first-order valence-electron chi connectivity index (χ1n) is 13.3. The molecule has 0 fully saturated rings. The highest BCUT2D eigenvalue weighted by Crippen LogP contribution is 2.49. The van der Waals surface area contributed by atoms with Crippen molar-refractivity contribution in [3.63, 3.8) is 0 Å². The lowest BCUT2D eigenvalue weighted by atomic mass is 9.72. The molecule has 0 amide bonds. The van der Waals surface area contributed by atoms with E-state index in [-0.39, 0.29) is 23.7 Å². The second-order valence-corrected chi connectivity index (χ2v) is 10.1. The predicted octanol–water partition coefficient (Wildman–Crippen LogP) is 5.16. The SMILES string of the molecule is COc1ccc(OC)c([C@@H]2C3=C(C[C@@H](c4ccc(OC)c(OC)c4)CC3=O)Nc3[nH]n(-c4ccccc4)c(=O)c32)c1. The fourth-order valence-electron chi connectivity index (χ4n) is 5.97. The van der Waals surface area contributed by atoms with E-state index in [2.05, 4.69) is 10.4 Å². The monoisotopic (exact) mass is 553 g/mol. The van der Waals surface area contributed by atoms with Crippen molar-refractivity contribution < 1.29 is 23.7 Å². The van der Waals surface area contributed by atoms with Crippen molar-refractivity contribution >= 4 is 11.6 Å². The number of ether oxygens (including phenoxy) is 4. The molecular weight excluding hydrogens is 522 g/mol. The number of ketones is 1. The van der Waals surface area contributed by atoms with Crippen LogP contribution in [0.5, 0.6) is 23.0 Å². The first-order valence-corrected chi connectivity index (χ1v) is 13.3. The van der Waals surface area contributed by atoms with E-state index in [4.69, 9.17) is 18.9 Å². The summed E-state index contributed by atoms with van der Waals surface area (Å²) in [6.45, 7) is 0. The van der Waals surface area contributed by atoms with Gasteiger partial charge in [0.1, 0.15) is 17.3 Å². The number of nitrogens with one attached hydrogen (secondary N) is 2. The molecule has 210 valence electrons. The largest absolute Gasteiger partial charge is 0.497 e. The standard InChI is InChI=1S/C32H31N3O6/c1-38-21-11-13-25(39-2)22(17-21)28-29-23(33-31-30(28)32(37)35(34-31)20-8-6-5-7-9-20)14-19(15-24(29)36)18-10-12-26(40-3)27(16-18)41-4/h5-13,16-17,19,28,33-34H,14-15H2,1-4H3/t19-,28-/m1/s1. The van der Waals surface area contributed by atoms with Crippen molar-refractivity contribution in [2.45, 2.75) is 24.7 Å². The van der Waals surface area contributed by atoms with Crippen LogP contribution in [0.25, 0.3) is 5.69 Å².